The fourth-order valence-corrected chi connectivity index (χ4v) is 1.16. The molecule has 0 bridgehead atoms. The first-order chi connectivity index (χ1) is 8.01. The smallest absolute Gasteiger partial charge is 0.433 e. The van der Waals surface area contributed by atoms with Gasteiger partial charge >= 0.3 is 17.8 Å². The molecule has 8 heteroatoms. The number of carbonyl (C=O) groups is 2. The number of rotatable bonds is 4. The fraction of sp³-hybridized carbons (Fsp3) is 0.333. The molecule has 8 nitrogen and oxygen atoms in total. The summed E-state index contributed by atoms with van der Waals surface area (Å²) in [5.74, 6) is -4.06. The summed E-state index contributed by atoms with van der Waals surface area (Å²) in [6, 6.07) is 2.19. The lowest BCUT2D eigenvalue weighted by atomic mass is 10.1. The molecule has 0 aliphatic heterocycles. The van der Waals surface area contributed by atoms with Crippen molar-refractivity contribution in [3.8, 4) is 0 Å². The molecule has 1 aromatic rings. The Morgan fingerprint density at radius 3 is 2.18 bits per heavy atom. The summed E-state index contributed by atoms with van der Waals surface area (Å²) in [6.07, 6.45) is 0. The Balaban J connectivity index is 3.08. The number of methoxy groups -OCH3 is 2. The standard InChI is InChI=1S/C9H9NO7/c1-15-8(11)7(9(12)16-2)5-3-4-6(17-5)10(13)14/h3-4,7H,1-2H3. The van der Waals surface area contributed by atoms with Crippen molar-refractivity contribution in [3.05, 3.63) is 28.0 Å². The number of furan rings is 1. The van der Waals surface area contributed by atoms with Crippen LogP contribution in [0.5, 0.6) is 0 Å². The molecule has 92 valence electrons. The normalized spacial score (nSPS) is 10.1. The van der Waals surface area contributed by atoms with Crippen molar-refractivity contribution >= 4 is 17.8 Å². The lowest BCUT2D eigenvalue weighted by Gasteiger charge is -2.08. The van der Waals surface area contributed by atoms with E-state index in [4.69, 9.17) is 4.42 Å². The molecule has 0 amide bonds. The minimum atomic E-state index is -1.46. The molecule has 0 aliphatic carbocycles. The first-order valence-electron chi connectivity index (χ1n) is 4.41. The summed E-state index contributed by atoms with van der Waals surface area (Å²) in [4.78, 5) is 32.3. The average Bonchev–Trinajstić information content (AvgIpc) is 2.78. The Morgan fingerprint density at radius 2 is 1.82 bits per heavy atom. The summed E-state index contributed by atoms with van der Waals surface area (Å²) in [5, 5.41) is 10.4. The number of esters is 2. The number of hydrogen-bond acceptors (Lipinski definition) is 7. The van der Waals surface area contributed by atoms with Crippen molar-refractivity contribution in [1.29, 1.82) is 0 Å². The summed E-state index contributed by atoms with van der Waals surface area (Å²) < 4.78 is 13.5. The van der Waals surface area contributed by atoms with Gasteiger partial charge in [-0.05, 0) is 6.07 Å². The highest BCUT2D eigenvalue weighted by molar-refractivity contribution is 6.00. The van der Waals surface area contributed by atoms with E-state index < -0.39 is 28.7 Å². The molecule has 1 aromatic heterocycles. The molecule has 1 rings (SSSR count). The maximum absolute atomic E-state index is 11.3. The van der Waals surface area contributed by atoms with Gasteiger partial charge in [0.05, 0.1) is 20.3 Å². The zero-order valence-electron chi connectivity index (χ0n) is 9.04. The van der Waals surface area contributed by atoms with E-state index in [1.54, 1.807) is 0 Å². The molecule has 0 saturated carbocycles. The van der Waals surface area contributed by atoms with E-state index in [0.717, 1.165) is 26.4 Å². The lowest BCUT2D eigenvalue weighted by molar-refractivity contribution is -0.402. The molecule has 0 atom stereocenters. The molecule has 0 aliphatic rings. The molecule has 0 fully saturated rings. The van der Waals surface area contributed by atoms with Crippen LogP contribution in [-0.4, -0.2) is 31.1 Å². The Bertz CT molecular complexity index is 434. The van der Waals surface area contributed by atoms with E-state index in [-0.39, 0.29) is 5.76 Å². The zero-order valence-corrected chi connectivity index (χ0v) is 9.04. The van der Waals surface area contributed by atoms with Crippen LogP contribution in [0.3, 0.4) is 0 Å². The molecule has 1 heterocycles. The van der Waals surface area contributed by atoms with Crippen molar-refractivity contribution in [3.63, 3.8) is 0 Å². The van der Waals surface area contributed by atoms with Gasteiger partial charge in [-0.3, -0.25) is 19.7 Å². The van der Waals surface area contributed by atoms with Gasteiger partial charge in [-0.2, -0.15) is 0 Å². The number of hydrogen-bond donors (Lipinski definition) is 0. The third-order valence-corrected chi connectivity index (χ3v) is 1.95. The minimum Gasteiger partial charge on any atom is -0.468 e. The molecule has 17 heavy (non-hydrogen) atoms. The van der Waals surface area contributed by atoms with Crippen LogP contribution in [0.1, 0.15) is 11.7 Å². The summed E-state index contributed by atoms with van der Waals surface area (Å²) in [6.45, 7) is 0. The van der Waals surface area contributed by atoms with Crippen LogP contribution in [0.2, 0.25) is 0 Å². The van der Waals surface area contributed by atoms with Crippen molar-refractivity contribution in [2.24, 2.45) is 0 Å². The summed E-state index contributed by atoms with van der Waals surface area (Å²) in [7, 11) is 2.16. The highest BCUT2D eigenvalue weighted by Gasteiger charge is 2.34. The minimum absolute atomic E-state index is 0.199. The van der Waals surface area contributed by atoms with Gasteiger partial charge in [-0.1, -0.05) is 0 Å². The monoisotopic (exact) mass is 243 g/mol. The van der Waals surface area contributed by atoms with Gasteiger partial charge < -0.3 is 13.9 Å². The van der Waals surface area contributed by atoms with Gasteiger partial charge in [-0.15, -0.1) is 0 Å². The lowest BCUT2D eigenvalue weighted by Crippen LogP contribution is -2.23. The van der Waals surface area contributed by atoms with Crippen LogP contribution in [0.15, 0.2) is 16.5 Å². The molecular formula is C9H9NO7. The molecule has 0 unspecified atom stereocenters. The predicted molar refractivity (Wildman–Crippen MR) is 52.1 cm³/mol. The molecular weight excluding hydrogens is 234 g/mol. The third kappa shape index (κ3) is 2.60. The van der Waals surface area contributed by atoms with Crippen LogP contribution >= 0.6 is 0 Å². The topological polar surface area (TPSA) is 109 Å². The van der Waals surface area contributed by atoms with E-state index >= 15 is 0 Å². The molecule has 0 aromatic carbocycles. The first kappa shape index (κ1) is 12.7. The fourth-order valence-electron chi connectivity index (χ4n) is 1.16. The van der Waals surface area contributed by atoms with E-state index in [2.05, 4.69) is 9.47 Å². The van der Waals surface area contributed by atoms with Crippen LogP contribution in [0.25, 0.3) is 0 Å². The third-order valence-electron chi connectivity index (χ3n) is 1.95. The van der Waals surface area contributed by atoms with E-state index in [9.17, 15) is 19.7 Å². The van der Waals surface area contributed by atoms with Crippen molar-refractivity contribution < 1.29 is 28.4 Å². The Labute approximate surface area is 95.3 Å². The molecule has 0 spiro atoms. The largest absolute Gasteiger partial charge is 0.468 e. The Hall–Kier alpha value is -2.38. The molecule has 0 radical (unpaired) electrons. The van der Waals surface area contributed by atoms with Crippen molar-refractivity contribution in [2.45, 2.75) is 5.92 Å². The van der Waals surface area contributed by atoms with Crippen molar-refractivity contribution in [2.75, 3.05) is 14.2 Å². The van der Waals surface area contributed by atoms with E-state index in [1.165, 1.54) is 0 Å². The summed E-state index contributed by atoms with van der Waals surface area (Å²) >= 11 is 0. The second-order valence-corrected chi connectivity index (χ2v) is 2.91. The van der Waals surface area contributed by atoms with Gasteiger partial charge in [0.2, 0.25) is 5.92 Å². The average molecular weight is 243 g/mol. The first-order valence-corrected chi connectivity index (χ1v) is 4.41. The number of nitrogens with zero attached hydrogens (tertiary/aromatic N) is 1. The molecule has 0 N–H and O–H groups in total. The van der Waals surface area contributed by atoms with Gasteiger partial charge in [0, 0.05) is 0 Å². The van der Waals surface area contributed by atoms with E-state index in [0.29, 0.717) is 0 Å². The number of carbonyl (C=O) groups excluding carboxylic acids is 2. The maximum atomic E-state index is 11.3. The van der Waals surface area contributed by atoms with Gasteiger partial charge in [0.15, 0.2) is 0 Å². The second-order valence-electron chi connectivity index (χ2n) is 2.91. The van der Waals surface area contributed by atoms with Crippen LogP contribution < -0.4 is 0 Å². The number of nitro groups is 1. The quantitative estimate of drug-likeness (QED) is 0.330. The van der Waals surface area contributed by atoms with Crippen LogP contribution in [-0.2, 0) is 19.1 Å². The zero-order chi connectivity index (χ0) is 13.0. The van der Waals surface area contributed by atoms with Crippen LogP contribution in [0.4, 0.5) is 5.88 Å². The van der Waals surface area contributed by atoms with Gasteiger partial charge in [0.1, 0.15) is 10.7 Å². The number of ether oxygens (including phenoxy) is 2. The van der Waals surface area contributed by atoms with Gasteiger partial charge in [0.25, 0.3) is 0 Å². The van der Waals surface area contributed by atoms with Crippen molar-refractivity contribution in [1.82, 2.24) is 0 Å². The Morgan fingerprint density at radius 1 is 1.29 bits per heavy atom. The van der Waals surface area contributed by atoms with Gasteiger partial charge in [-0.25, -0.2) is 0 Å². The predicted octanol–water partition coefficient (Wildman–Crippen LogP) is 0.617. The maximum Gasteiger partial charge on any atom is 0.433 e. The molecule has 0 saturated heterocycles. The Kier molecular flexibility index (Phi) is 3.81. The van der Waals surface area contributed by atoms with Crippen LogP contribution in [0, 0.1) is 10.1 Å². The SMILES string of the molecule is COC(=O)C(C(=O)OC)c1ccc([N+](=O)[O-])o1. The highest BCUT2D eigenvalue weighted by Crippen LogP contribution is 2.25. The van der Waals surface area contributed by atoms with E-state index in [1.807, 2.05) is 0 Å². The highest BCUT2D eigenvalue weighted by atomic mass is 16.6. The summed E-state index contributed by atoms with van der Waals surface area (Å²) in [5.41, 5.74) is 0. The second kappa shape index (κ2) is 5.10.